The number of carbonyl (C=O) groups is 3. The van der Waals surface area contributed by atoms with Gasteiger partial charge in [0.25, 0.3) is 5.91 Å². The molecule has 2 N–H and O–H groups in total. The molecule has 222 valence electrons. The average Bonchev–Trinajstić information content (AvgIpc) is 3.63. The van der Waals surface area contributed by atoms with Crippen molar-refractivity contribution in [3.8, 4) is 10.4 Å². The molecule has 3 atom stereocenters. The zero-order valence-corrected chi connectivity index (χ0v) is 26.1. The van der Waals surface area contributed by atoms with Gasteiger partial charge in [0.1, 0.15) is 12.1 Å². The highest BCUT2D eigenvalue weighted by Gasteiger charge is 2.48. The summed E-state index contributed by atoms with van der Waals surface area (Å²) in [4.78, 5) is 45.5. The molecule has 2 aromatic carbocycles. The van der Waals surface area contributed by atoms with Crippen LogP contribution in [0.1, 0.15) is 79.6 Å². The Morgan fingerprint density at radius 3 is 2.50 bits per heavy atom. The fourth-order valence-corrected chi connectivity index (χ4v) is 7.25. The molecule has 0 radical (unpaired) electrons. The molecular formula is C34H41N3O4S. The topological polar surface area (TPSA) is 89.9 Å². The number of thiophene rings is 1. The van der Waals surface area contributed by atoms with Gasteiger partial charge in [0, 0.05) is 36.5 Å². The van der Waals surface area contributed by atoms with Gasteiger partial charge in [-0.05, 0) is 69.7 Å². The molecule has 0 spiro atoms. The molecule has 0 saturated carbocycles. The van der Waals surface area contributed by atoms with Crippen LogP contribution < -0.4 is 5.32 Å². The minimum absolute atomic E-state index is 0.0601. The van der Waals surface area contributed by atoms with E-state index in [0.717, 1.165) is 11.1 Å². The van der Waals surface area contributed by atoms with Gasteiger partial charge in [0.15, 0.2) is 0 Å². The molecule has 0 aliphatic carbocycles. The van der Waals surface area contributed by atoms with Crippen molar-refractivity contribution in [1.29, 1.82) is 0 Å². The Balaban J connectivity index is 1.34. The summed E-state index contributed by atoms with van der Waals surface area (Å²) in [6, 6.07) is 14.3. The largest absolute Gasteiger partial charge is 0.391 e. The molecule has 0 bridgehead atoms. The van der Waals surface area contributed by atoms with Crippen LogP contribution in [0, 0.1) is 12.3 Å². The lowest BCUT2D eigenvalue weighted by Gasteiger charge is -2.40. The Bertz CT molecular complexity index is 1500. The van der Waals surface area contributed by atoms with Gasteiger partial charge in [0.05, 0.1) is 6.10 Å². The summed E-state index contributed by atoms with van der Waals surface area (Å²) in [6.45, 7) is 12.9. The number of fused-ring (bicyclic) bond motifs is 1. The van der Waals surface area contributed by atoms with Crippen molar-refractivity contribution in [2.24, 2.45) is 5.41 Å². The summed E-state index contributed by atoms with van der Waals surface area (Å²) in [5.41, 5.74) is 5.52. The van der Waals surface area contributed by atoms with Crippen molar-refractivity contribution in [3.05, 3.63) is 81.7 Å². The van der Waals surface area contributed by atoms with Crippen LogP contribution in [0.3, 0.4) is 0 Å². The lowest BCUT2D eigenvalue weighted by molar-refractivity contribution is -0.145. The molecule has 2 aliphatic rings. The van der Waals surface area contributed by atoms with Crippen LogP contribution in [0.25, 0.3) is 10.4 Å². The maximum atomic E-state index is 14.2. The highest BCUT2D eigenvalue weighted by Crippen LogP contribution is 2.36. The molecule has 1 aromatic heterocycles. The standard InChI is InChI=1S/C34H41N3O4S/c1-20(2)27-15-22(29-21(3)13-14-42-29)11-12-23(27)17-35-31(39)28-16-25(38)19-36(28)33(41)30(34(4,5)6)37-18-24-9-7-8-10-26(24)32(37)40/h7-15,20,25,28,30,38H,16-19H2,1-6H3,(H,35,39)/t25-,28+,30-/m1/s1. The normalized spacial score (nSPS) is 19.4. The molecule has 3 amide bonds. The smallest absolute Gasteiger partial charge is 0.255 e. The first-order valence-electron chi connectivity index (χ1n) is 14.7. The molecule has 0 unspecified atom stereocenters. The number of hydrogen-bond donors (Lipinski definition) is 2. The number of amides is 3. The van der Waals surface area contributed by atoms with E-state index in [1.54, 1.807) is 22.3 Å². The van der Waals surface area contributed by atoms with Gasteiger partial charge in [0.2, 0.25) is 11.8 Å². The highest BCUT2D eigenvalue weighted by molar-refractivity contribution is 7.13. The van der Waals surface area contributed by atoms with E-state index in [9.17, 15) is 19.5 Å². The number of aliphatic hydroxyl groups is 1. The zero-order chi connectivity index (χ0) is 30.3. The molecule has 5 rings (SSSR count). The summed E-state index contributed by atoms with van der Waals surface area (Å²) >= 11 is 1.72. The van der Waals surface area contributed by atoms with Crippen molar-refractivity contribution in [2.45, 2.75) is 85.2 Å². The highest BCUT2D eigenvalue weighted by atomic mass is 32.1. The van der Waals surface area contributed by atoms with Gasteiger partial charge in [-0.2, -0.15) is 0 Å². The number of benzene rings is 2. The molecule has 1 saturated heterocycles. The maximum absolute atomic E-state index is 14.2. The Labute approximate surface area is 252 Å². The second-order valence-corrected chi connectivity index (χ2v) is 13.9. The number of rotatable bonds is 7. The van der Waals surface area contributed by atoms with Crippen LogP contribution in [0.4, 0.5) is 0 Å². The Morgan fingerprint density at radius 1 is 1.12 bits per heavy atom. The molecule has 1 fully saturated rings. The van der Waals surface area contributed by atoms with E-state index in [1.165, 1.54) is 26.5 Å². The van der Waals surface area contributed by atoms with Crippen LogP contribution in [0.15, 0.2) is 53.9 Å². The third-order valence-electron chi connectivity index (χ3n) is 8.43. The fraction of sp³-hybridized carbons (Fsp3) is 0.441. The van der Waals surface area contributed by atoms with Crippen molar-refractivity contribution in [2.75, 3.05) is 6.54 Å². The molecule has 3 aromatic rings. The predicted octanol–water partition coefficient (Wildman–Crippen LogP) is 5.50. The number of carbonyl (C=O) groups excluding carboxylic acids is 3. The minimum atomic E-state index is -0.812. The number of aliphatic hydroxyl groups excluding tert-OH is 1. The van der Waals surface area contributed by atoms with Crippen molar-refractivity contribution in [3.63, 3.8) is 0 Å². The van der Waals surface area contributed by atoms with Crippen LogP contribution in [-0.2, 0) is 22.7 Å². The summed E-state index contributed by atoms with van der Waals surface area (Å²) in [5, 5.41) is 15.8. The third kappa shape index (κ3) is 5.75. The maximum Gasteiger partial charge on any atom is 0.255 e. The first kappa shape index (κ1) is 30.0. The monoisotopic (exact) mass is 587 g/mol. The van der Waals surface area contributed by atoms with Crippen molar-refractivity contribution < 1.29 is 19.5 Å². The van der Waals surface area contributed by atoms with Gasteiger partial charge in [-0.3, -0.25) is 14.4 Å². The van der Waals surface area contributed by atoms with E-state index in [0.29, 0.717) is 18.7 Å². The Morgan fingerprint density at radius 2 is 1.86 bits per heavy atom. The molecular weight excluding hydrogens is 546 g/mol. The van der Waals surface area contributed by atoms with Gasteiger partial charge in [-0.25, -0.2) is 0 Å². The van der Waals surface area contributed by atoms with E-state index in [4.69, 9.17) is 0 Å². The second-order valence-electron chi connectivity index (χ2n) is 13.0. The summed E-state index contributed by atoms with van der Waals surface area (Å²) in [7, 11) is 0. The summed E-state index contributed by atoms with van der Waals surface area (Å²) in [6.07, 6.45) is -0.646. The van der Waals surface area contributed by atoms with Gasteiger partial charge < -0.3 is 20.2 Å². The van der Waals surface area contributed by atoms with Crippen LogP contribution in [0.5, 0.6) is 0 Å². The van der Waals surface area contributed by atoms with Crippen LogP contribution >= 0.6 is 11.3 Å². The van der Waals surface area contributed by atoms with Gasteiger partial charge in [-0.1, -0.05) is 65.0 Å². The average molecular weight is 588 g/mol. The number of hydrogen-bond acceptors (Lipinski definition) is 5. The van der Waals surface area contributed by atoms with E-state index in [2.05, 4.69) is 55.7 Å². The van der Waals surface area contributed by atoms with Gasteiger partial charge in [-0.15, -0.1) is 11.3 Å². The second kappa shape index (κ2) is 11.7. The first-order chi connectivity index (χ1) is 19.9. The molecule has 7 nitrogen and oxygen atoms in total. The lowest BCUT2D eigenvalue weighted by Crippen LogP contribution is -2.57. The molecule has 42 heavy (non-hydrogen) atoms. The van der Waals surface area contributed by atoms with E-state index >= 15 is 0 Å². The van der Waals surface area contributed by atoms with E-state index in [-0.39, 0.29) is 36.6 Å². The predicted molar refractivity (Wildman–Crippen MR) is 166 cm³/mol. The number of aryl methyl sites for hydroxylation is 1. The molecule has 8 heteroatoms. The lowest BCUT2D eigenvalue weighted by atomic mass is 9.84. The van der Waals surface area contributed by atoms with Crippen LogP contribution in [0.2, 0.25) is 0 Å². The number of nitrogens with zero attached hydrogens (tertiary/aromatic N) is 2. The zero-order valence-electron chi connectivity index (χ0n) is 25.3. The summed E-state index contributed by atoms with van der Waals surface area (Å²) < 4.78 is 0. The summed E-state index contributed by atoms with van der Waals surface area (Å²) in [5.74, 6) is -0.518. The van der Waals surface area contributed by atoms with Crippen molar-refractivity contribution in [1.82, 2.24) is 15.1 Å². The van der Waals surface area contributed by atoms with Gasteiger partial charge >= 0.3 is 0 Å². The molecule has 3 heterocycles. The number of β-amino-alcohol motifs (C(OH)–C–C–N with tert-alkyl or cyclic N) is 1. The van der Waals surface area contributed by atoms with Crippen LogP contribution in [-0.4, -0.2) is 57.4 Å². The fourth-order valence-electron chi connectivity index (χ4n) is 6.32. The quantitative estimate of drug-likeness (QED) is 0.382. The number of likely N-dealkylation sites (tertiary alicyclic amines) is 1. The molecule has 2 aliphatic heterocycles. The SMILES string of the molecule is Cc1ccsc1-c1ccc(CNC(=O)[C@@H]2C[C@@H](O)CN2C(=O)[C@@H](N2Cc3ccccc3C2=O)C(C)(C)C)c(C(C)C)c1. The number of nitrogens with one attached hydrogen (secondary N) is 1. The van der Waals surface area contributed by atoms with E-state index in [1.807, 2.05) is 39.0 Å². The first-order valence-corrected chi connectivity index (χ1v) is 15.6. The minimum Gasteiger partial charge on any atom is -0.391 e. The van der Waals surface area contributed by atoms with Crippen molar-refractivity contribution >= 4 is 29.1 Å². The third-order valence-corrected chi connectivity index (χ3v) is 9.49. The van der Waals surface area contributed by atoms with E-state index < -0.39 is 23.6 Å². The Hall–Kier alpha value is -3.49. The Kier molecular flexibility index (Phi) is 8.32.